The maximum atomic E-state index is 13.4. The van der Waals surface area contributed by atoms with Gasteiger partial charge in [0.05, 0.1) is 0 Å². The number of carbonyl (C=O) groups excluding carboxylic acids is 1. The zero-order chi connectivity index (χ0) is 21.0. The van der Waals surface area contributed by atoms with Crippen LogP contribution in [0.15, 0.2) is 76.7 Å². The monoisotopic (exact) mass is 431 g/mol. The van der Waals surface area contributed by atoms with E-state index in [1.54, 1.807) is 24.7 Å². The third kappa shape index (κ3) is 4.11. The standard InChI is InChI=1S/C23H21N5O2S/c29-22(28-14-12-27(13-15-28)20-8-3-4-9-24-20)21-18(16-31-23-25-10-5-11-26-23)17-6-1-2-7-19(17)30-21/h1-11H,12-16H2. The number of hydrogen-bond donors (Lipinski definition) is 0. The van der Waals surface area contributed by atoms with Crippen LogP contribution in [0.3, 0.4) is 0 Å². The average Bonchev–Trinajstić information content (AvgIpc) is 3.22. The molecule has 5 rings (SSSR count). The van der Waals surface area contributed by atoms with Crippen molar-refractivity contribution in [3.05, 3.63) is 78.4 Å². The zero-order valence-corrected chi connectivity index (χ0v) is 17.7. The summed E-state index contributed by atoms with van der Waals surface area (Å²) in [5.41, 5.74) is 1.62. The largest absolute Gasteiger partial charge is 0.451 e. The smallest absolute Gasteiger partial charge is 0.290 e. The molecule has 0 saturated carbocycles. The van der Waals surface area contributed by atoms with Crippen LogP contribution in [-0.4, -0.2) is 51.9 Å². The number of aromatic nitrogens is 3. The Morgan fingerprint density at radius 2 is 1.65 bits per heavy atom. The molecule has 0 N–H and O–H groups in total. The maximum absolute atomic E-state index is 13.4. The number of carbonyl (C=O) groups is 1. The van der Waals surface area contributed by atoms with Gasteiger partial charge in [-0.25, -0.2) is 15.0 Å². The lowest BCUT2D eigenvalue weighted by atomic mass is 10.1. The van der Waals surface area contributed by atoms with Crippen molar-refractivity contribution >= 4 is 34.5 Å². The second-order valence-corrected chi connectivity index (χ2v) is 8.14. The van der Waals surface area contributed by atoms with Crippen LogP contribution in [-0.2, 0) is 5.75 Å². The second-order valence-electron chi connectivity index (χ2n) is 7.19. The van der Waals surface area contributed by atoms with Crippen molar-refractivity contribution < 1.29 is 9.21 Å². The number of para-hydroxylation sites is 1. The van der Waals surface area contributed by atoms with Crippen LogP contribution in [0.4, 0.5) is 5.82 Å². The molecule has 156 valence electrons. The number of hydrogen-bond acceptors (Lipinski definition) is 7. The third-order valence-corrected chi connectivity index (χ3v) is 6.22. The molecule has 1 fully saturated rings. The summed E-state index contributed by atoms with van der Waals surface area (Å²) in [6.07, 6.45) is 5.23. The Morgan fingerprint density at radius 1 is 0.903 bits per heavy atom. The highest BCUT2D eigenvalue weighted by molar-refractivity contribution is 7.98. The lowest BCUT2D eigenvalue weighted by Gasteiger charge is -2.35. The quantitative estimate of drug-likeness (QED) is 0.351. The Hall–Kier alpha value is -3.39. The number of thioether (sulfide) groups is 1. The van der Waals surface area contributed by atoms with Crippen molar-refractivity contribution in [2.75, 3.05) is 31.1 Å². The molecular weight excluding hydrogens is 410 g/mol. The molecule has 1 amide bonds. The number of nitrogens with zero attached hydrogens (tertiary/aromatic N) is 5. The number of rotatable bonds is 5. The van der Waals surface area contributed by atoms with Crippen molar-refractivity contribution in [2.24, 2.45) is 0 Å². The summed E-state index contributed by atoms with van der Waals surface area (Å²) in [4.78, 5) is 30.4. The molecule has 4 aromatic rings. The molecular formula is C23H21N5O2S. The van der Waals surface area contributed by atoms with Gasteiger partial charge in [0, 0.05) is 61.5 Å². The van der Waals surface area contributed by atoms with Crippen LogP contribution in [0.1, 0.15) is 16.1 Å². The van der Waals surface area contributed by atoms with Gasteiger partial charge < -0.3 is 14.2 Å². The average molecular weight is 432 g/mol. The molecule has 0 radical (unpaired) electrons. The van der Waals surface area contributed by atoms with Crippen LogP contribution in [0.25, 0.3) is 11.0 Å². The van der Waals surface area contributed by atoms with Gasteiger partial charge in [-0.3, -0.25) is 4.79 Å². The van der Waals surface area contributed by atoms with E-state index in [0.29, 0.717) is 29.8 Å². The fourth-order valence-electron chi connectivity index (χ4n) is 3.73. The summed E-state index contributed by atoms with van der Waals surface area (Å²) >= 11 is 1.50. The van der Waals surface area contributed by atoms with Crippen molar-refractivity contribution in [3.63, 3.8) is 0 Å². The zero-order valence-electron chi connectivity index (χ0n) is 16.8. The molecule has 0 spiro atoms. The van der Waals surface area contributed by atoms with E-state index in [4.69, 9.17) is 4.42 Å². The van der Waals surface area contributed by atoms with E-state index >= 15 is 0 Å². The summed E-state index contributed by atoms with van der Waals surface area (Å²) in [7, 11) is 0. The normalized spacial score (nSPS) is 14.2. The van der Waals surface area contributed by atoms with Crippen LogP contribution in [0, 0.1) is 0 Å². The van der Waals surface area contributed by atoms with Gasteiger partial charge in [0.25, 0.3) is 5.91 Å². The highest BCUT2D eigenvalue weighted by atomic mass is 32.2. The van der Waals surface area contributed by atoms with E-state index in [0.717, 1.165) is 35.4 Å². The lowest BCUT2D eigenvalue weighted by molar-refractivity contribution is 0.0715. The molecule has 7 nitrogen and oxygen atoms in total. The minimum atomic E-state index is -0.0681. The summed E-state index contributed by atoms with van der Waals surface area (Å²) in [5, 5.41) is 1.64. The van der Waals surface area contributed by atoms with Crippen LogP contribution < -0.4 is 4.90 Å². The first-order valence-electron chi connectivity index (χ1n) is 10.1. The van der Waals surface area contributed by atoms with Crippen LogP contribution >= 0.6 is 11.8 Å². The lowest BCUT2D eigenvalue weighted by Crippen LogP contribution is -2.49. The van der Waals surface area contributed by atoms with E-state index < -0.39 is 0 Å². The summed E-state index contributed by atoms with van der Waals surface area (Å²) in [6.45, 7) is 2.73. The number of fused-ring (bicyclic) bond motifs is 1. The Labute approximate surface area is 184 Å². The minimum Gasteiger partial charge on any atom is -0.451 e. The predicted octanol–water partition coefficient (Wildman–Crippen LogP) is 3.87. The topological polar surface area (TPSA) is 75.4 Å². The molecule has 1 aliphatic heterocycles. The minimum absolute atomic E-state index is 0.0681. The van der Waals surface area contributed by atoms with Gasteiger partial charge in [-0.1, -0.05) is 36.0 Å². The number of amides is 1. The SMILES string of the molecule is O=C(c1oc2ccccc2c1CSc1ncccn1)N1CCN(c2ccccn2)CC1. The van der Waals surface area contributed by atoms with Gasteiger partial charge in [0.2, 0.25) is 0 Å². The number of furan rings is 1. The Balaban J connectivity index is 1.36. The number of benzene rings is 1. The molecule has 0 aliphatic carbocycles. The Bertz CT molecular complexity index is 1170. The number of piperazine rings is 1. The van der Waals surface area contributed by atoms with E-state index in [-0.39, 0.29) is 5.91 Å². The van der Waals surface area contributed by atoms with Gasteiger partial charge in [-0.2, -0.15) is 0 Å². The molecule has 0 bridgehead atoms. The first-order chi connectivity index (χ1) is 15.3. The highest BCUT2D eigenvalue weighted by Gasteiger charge is 2.28. The van der Waals surface area contributed by atoms with Gasteiger partial charge in [0.15, 0.2) is 10.9 Å². The summed E-state index contributed by atoms with van der Waals surface area (Å²) < 4.78 is 6.04. The molecule has 0 atom stereocenters. The van der Waals surface area contributed by atoms with E-state index in [1.807, 2.05) is 47.4 Å². The number of anilines is 1. The first kappa shape index (κ1) is 19.6. The van der Waals surface area contributed by atoms with Gasteiger partial charge in [-0.15, -0.1) is 0 Å². The molecule has 1 aromatic carbocycles. The van der Waals surface area contributed by atoms with Gasteiger partial charge in [0.1, 0.15) is 11.4 Å². The van der Waals surface area contributed by atoms with Gasteiger partial charge >= 0.3 is 0 Å². The van der Waals surface area contributed by atoms with Crippen LogP contribution in [0.2, 0.25) is 0 Å². The van der Waals surface area contributed by atoms with Crippen molar-refractivity contribution in [1.29, 1.82) is 0 Å². The van der Waals surface area contributed by atoms with E-state index in [9.17, 15) is 4.79 Å². The van der Waals surface area contributed by atoms with E-state index in [2.05, 4.69) is 19.9 Å². The fraction of sp³-hybridized carbons (Fsp3) is 0.217. The fourth-order valence-corrected chi connectivity index (χ4v) is 4.57. The first-order valence-corrected chi connectivity index (χ1v) is 11.1. The Morgan fingerprint density at radius 3 is 2.42 bits per heavy atom. The highest BCUT2D eigenvalue weighted by Crippen LogP contribution is 2.32. The summed E-state index contributed by atoms with van der Waals surface area (Å²) in [5.74, 6) is 1.85. The van der Waals surface area contributed by atoms with Crippen molar-refractivity contribution in [3.8, 4) is 0 Å². The van der Waals surface area contributed by atoms with Crippen LogP contribution in [0.5, 0.6) is 0 Å². The molecule has 8 heteroatoms. The second kappa shape index (κ2) is 8.77. The molecule has 0 unspecified atom stereocenters. The Kier molecular flexibility index (Phi) is 5.54. The van der Waals surface area contributed by atoms with Crippen molar-refractivity contribution in [1.82, 2.24) is 19.9 Å². The predicted molar refractivity (Wildman–Crippen MR) is 120 cm³/mol. The maximum Gasteiger partial charge on any atom is 0.290 e. The molecule has 31 heavy (non-hydrogen) atoms. The molecule has 1 saturated heterocycles. The van der Waals surface area contributed by atoms with Crippen molar-refractivity contribution in [2.45, 2.75) is 10.9 Å². The van der Waals surface area contributed by atoms with E-state index in [1.165, 1.54) is 11.8 Å². The molecule has 3 aromatic heterocycles. The molecule has 1 aliphatic rings. The van der Waals surface area contributed by atoms with Gasteiger partial charge in [-0.05, 0) is 24.3 Å². The summed E-state index contributed by atoms with van der Waals surface area (Å²) in [6, 6.07) is 15.5. The third-order valence-electron chi connectivity index (χ3n) is 5.32. The number of pyridine rings is 1. The molecule has 4 heterocycles.